The SMILES string of the molecule is O=C(O)CCC(C(=O)O)N1[CH-]CN(CC(=O)O)[CH-]CN(CC(=O)O)[CH-]CN(CC(=O)O)[CH-]C1.[Re].[Re].[Re].[Re]. The number of nitrogens with zero attached hydrogens (tertiary/aromatic N) is 4. The normalized spacial score (nSPS) is 17.1. The summed E-state index contributed by atoms with van der Waals surface area (Å²) in [6.07, 6.45) is -0.641. The molecule has 14 nitrogen and oxygen atoms in total. The van der Waals surface area contributed by atoms with Crippen molar-refractivity contribution in [1.29, 1.82) is 0 Å². The van der Waals surface area contributed by atoms with Gasteiger partial charge in [-0.2, -0.15) is 0 Å². The first-order chi connectivity index (χ1) is 15.5. The molecule has 1 unspecified atom stereocenters. The van der Waals surface area contributed by atoms with Gasteiger partial charge in [0.25, 0.3) is 0 Å². The monoisotopic (exact) mass is 1220 g/mol. The second-order valence-electron chi connectivity index (χ2n) is 7.18. The van der Waals surface area contributed by atoms with Crippen molar-refractivity contribution in [2.24, 2.45) is 0 Å². The molecule has 0 aromatic heterocycles. The number of aliphatic carboxylic acids is 5. The van der Waals surface area contributed by atoms with Crippen LogP contribution in [0.3, 0.4) is 0 Å². The first-order valence-corrected chi connectivity index (χ1v) is 9.89. The predicted octanol–water partition coefficient (Wildman–Crippen LogP) is -1.58. The summed E-state index contributed by atoms with van der Waals surface area (Å²) < 4.78 is 0. The largest absolute Gasteiger partial charge is 0.481 e. The van der Waals surface area contributed by atoms with E-state index in [1.165, 1.54) is 45.8 Å². The topological polar surface area (TPSA) is 199 Å². The Hall–Kier alpha value is -0.161. The van der Waals surface area contributed by atoms with Gasteiger partial charge in [0, 0.05) is 88.1 Å². The van der Waals surface area contributed by atoms with Gasteiger partial charge in [0.15, 0.2) is 0 Å². The first-order valence-electron chi connectivity index (χ1n) is 9.89. The molecule has 1 aliphatic rings. The van der Waals surface area contributed by atoms with E-state index in [4.69, 9.17) is 20.4 Å². The Bertz CT molecular complexity index is 690. The Labute approximate surface area is 269 Å². The van der Waals surface area contributed by atoms with Crippen molar-refractivity contribution in [2.45, 2.75) is 18.9 Å². The molecule has 1 fully saturated rings. The van der Waals surface area contributed by atoms with Crippen molar-refractivity contribution in [1.82, 2.24) is 19.6 Å². The molecule has 1 heterocycles. The fourth-order valence-corrected chi connectivity index (χ4v) is 3.01. The zero-order valence-electron chi connectivity index (χ0n) is 19.3. The van der Waals surface area contributed by atoms with Gasteiger partial charge in [0.05, 0.1) is 25.7 Å². The van der Waals surface area contributed by atoms with Crippen LogP contribution >= 0.6 is 0 Å². The van der Waals surface area contributed by atoms with Crippen LogP contribution in [0.1, 0.15) is 12.8 Å². The van der Waals surface area contributed by atoms with Gasteiger partial charge < -0.3 is 45.1 Å². The molecule has 1 rings (SSSR count). The van der Waals surface area contributed by atoms with Crippen molar-refractivity contribution >= 4 is 29.8 Å². The third-order valence-corrected chi connectivity index (χ3v) is 4.58. The van der Waals surface area contributed by atoms with Gasteiger partial charge >= 0.3 is 29.8 Å². The second-order valence-corrected chi connectivity index (χ2v) is 7.18. The van der Waals surface area contributed by atoms with Gasteiger partial charge in [-0.05, 0) is 6.42 Å². The minimum absolute atomic E-state index is 0. The van der Waals surface area contributed by atoms with E-state index in [0.717, 1.165) is 0 Å². The van der Waals surface area contributed by atoms with Gasteiger partial charge in [-0.25, -0.2) is 0 Å². The number of carboxylic acids is 5. The number of hydrogen-bond donors (Lipinski definition) is 5. The Balaban J connectivity index is -0.00000136. The number of carbonyl (C=O) groups is 5. The Morgan fingerprint density at radius 3 is 1.24 bits per heavy atom. The van der Waals surface area contributed by atoms with E-state index in [1.807, 2.05) is 0 Å². The molecule has 0 aromatic carbocycles. The number of rotatable bonds is 11. The van der Waals surface area contributed by atoms with E-state index in [9.17, 15) is 29.1 Å². The van der Waals surface area contributed by atoms with E-state index in [0.29, 0.717) is 0 Å². The summed E-state index contributed by atoms with van der Waals surface area (Å²) in [6, 6.07) is -1.24. The molecule has 1 atom stereocenters. The zero-order valence-corrected chi connectivity index (χ0v) is 30.2. The van der Waals surface area contributed by atoms with Gasteiger partial charge in [-0.3, -0.25) is 50.2 Å². The molecule has 18 heteroatoms. The summed E-state index contributed by atoms with van der Waals surface area (Å²) >= 11 is 0. The number of carboxylic acid groups (broad SMARTS) is 5. The van der Waals surface area contributed by atoms with Crippen molar-refractivity contribution < 1.29 is 131 Å². The molecule has 0 saturated carbocycles. The van der Waals surface area contributed by atoms with Crippen LogP contribution in [-0.4, -0.2) is 127 Å². The van der Waals surface area contributed by atoms with Crippen LogP contribution in [-0.2, 0) is 106 Å². The summed E-state index contributed by atoms with van der Waals surface area (Å²) in [5.41, 5.74) is 0. The average Bonchev–Trinajstić information content (AvgIpc) is 2.67. The summed E-state index contributed by atoms with van der Waals surface area (Å²) in [5.74, 6) is -5.92. The molecular weight excluding hydrogens is 1190 g/mol. The molecule has 1 saturated heterocycles. The maximum absolute atomic E-state index is 11.8. The predicted molar refractivity (Wildman–Crippen MR) is 110 cm³/mol. The quantitative estimate of drug-likeness (QED) is 0.149. The molecule has 0 aromatic rings. The smallest absolute Gasteiger partial charge is 0.318 e. The molecule has 216 valence electrons. The standard InChI is InChI=1S/C19H28N4O10.4Re/c24-15(25)2-1-14(19(32)33)23-9-7-21(12-17(28)29)5-3-20(11-16(26)27)4-6-22(8-10-23)13-18(30)31;;;;/h3,6-7,10,14H,1-2,4-5,8-9,11-13H2,(H,24,25)(H,26,27)(H,28,29)(H,30,31)(H,32,33);;;;/q-4;;;;. The summed E-state index contributed by atoms with van der Waals surface area (Å²) in [7, 11) is 0. The van der Waals surface area contributed by atoms with E-state index in [-0.39, 0.29) is 114 Å². The van der Waals surface area contributed by atoms with Crippen molar-refractivity contribution in [2.75, 3.05) is 45.8 Å². The number of hydrogen-bond acceptors (Lipinski definition) is 9. The van der Waals surface area contributed by atoms with Gasteiger partial charge in [-0.15, -0.1) is 26.2 Å². The molecule has 0 aliphatic carbocycles. The van der Waals surface area contributed by atoms with Crippen LogP contribution in [0.15, 0.2) is 0 Å². The zero-order chi connectivity index (χ0) is 25.0. The summed E-state index contributed by atoms with van der Waals surface area (Å²) in [6.45, 7) is 4.30. The van der Waals surface area contributed by atoms with E-state index in [1.54, 1.807) is 0 Å². The molecular formula is C19H28N4O10Re4-4. The first kappa shape index (κ1) is 43.9. The summed E-state index contributed by atoms with van der Waals surface area (Å²) in [5, 5.41) is 46.0. The van der Waals surface area contributed by atoms with Crippen LogP contribution in [0.4, 0.5) is 0 Å². The van der Waals surface area contributed by atoms with E-state index in [2.05, 4.69) is 0 Å². The fraction of sp³-hybridized carbons (Fsp3) is 0.526. The van der Waals surface area contributed by atoms with Gasteiger partial charge in [-0.1, -0.05) is 0 Å². The molecule has 5 N–H and O–H groups in total. The van der Waals surface area contributed by atoms with Crippen LogP contribution in [0.2, 0.25) is 0 Å². The second kappa shape index (κ2) is 23.7. The fourth-order valence-electron chi connectivity index (χ4n) is 3.01. The van der Waals surface area contributed by atoms with Crippen LogP contribution in [0.5, 0.6) is 0 Å². The summed E-state index contributed by atoms with van der Waals surface area (Å²) in [4.78, 5) is 61.7. The van der Waals surface area contributed by atoms with Gasteiger partial charge in [0.1, 0.15) is 0 Å². The van der Waals surface area contributed by atoms with Crippen LogP contribution in [0.25, 0.3) is 0 Å². The molecule has 4 radical (unpaired) electrons. The van der Waals surface area contributed by atoms with Gasteiger partial charge in [0.2, 0.25) is 0 Å². The molecule has 0 spiro atoms. The van der Waals surface area contributed by atoms with Crippen LogP contribution < -0.4 is 0 Å². The molecule has 37 heavy (non-hydrogen) atoms. The Kier molecular flexibility index (Phi) is 28.1. The maximum Gasteiger partial charge on any atom is 0.318 e. The third kappa shape index (κ3) is 20.4. The molecule has 0 bridgehead atoms. The maximum atomic E-state index is 11.8. The van der Waals surface area contributed by atoms with Crippen molar-refractivity contribution in [3.63, 3.8) is 0 Å². The third-order valence-electron chi connectivity index (χ3n) is 4.58. The Morgan fingerprint density at radius 1 is 0.568 bits per heavy atom. The van der Waals surface area contributed by atoms with E-state index >= 15 is 0 Å². The van der Waals surface area contributed by atoms with Crippen molar-refractivity contribution in [3.05, 3.63) is 26.2 Å². The average molecular weight is 1220 g/mol. The Morgan fingerprint density at radius 2 is 0.919 bits per heavy atom. The van der Waals surface area contributed by atoms with Crippen LogP contribution in [0, 0.1) is 26.2 Å². The minimum Gasteiger partial charge on any atom is -0.481 e. The van der Waals surface area contributed by atoms with E-state index < -0.39 is 61.9 Å². The molecule has 0 amide bonds. The van der Waals surface area contributed by atoms with Crippen molar-refractivity contribution in [3.8, 4) is 0 Å². The minimum atomic E-state index is -1.29. The molecule has 1 aliphatic heterocycles.